The molecule has 126 valence electrons. The molecule has 0 aromatic rings. The lowest BCUT2D eigenvalue weighted by molar-refractivity contribution is -0.222. The molecular weight excluding hydrogens is 272 g/mol. The van der Waals surface area contributed by atoms with Gasteiger partial charge in [0.05, 0.1) is 12.2 Å². The van der Waals surface area contributed by atoms with Crippen molar-refractivity contribution in [3.8, 4) is 0 Å². The first-order valence-corrected chi connectivity index (χ1v) is 9.59. The lowest BCUT2D eigenvalue weighted by Gasteiger charge is -2.65. The molecule has 2 heteroatoms. The maximum Gasteiger partial charge on any atom is 0.0652 e. The fourth-order valence-electron chi connectivity index (χ4n) is 7.99. The summed E-state index contributed by atoms with van der Waals surface area (Å²) in [6, 6.07) is 0. The molecule has 0 aromatic heterocycles. The first-order chi connectivity index (χ1) is 10.2. The van der Waals surface area contributed by atoms with Crippen LogP contribution in [-0.4, -0.2) is 22.4 Å². The molecule has 1 spiro atoms. The van der Waals surface area contributed by atoms with E-state index in [-0.39, 0.29) is 17.6 Å². The summed E-state index contributed by atoms with van der Waals surface area (Å²) in [5.74, 6) is 2.14. The monoisotopic (exact) mass is 306 g/mol. The van der Waals surface area contributed by atoms with Crippen LogP contribution in [0, 0.1) is 39.9 Å². The highest BCUT2D eigenvalue weighted by Gasteiger charge is 2.69. The molecule has 4 saturated carbocycles. The molecule has 0 saturated heterocycles. The van der Waals surface area contributed by atoms with E-state index in [9.17, 15) is 10.2 Å². The Hall–Kier alpha value is -0.0800. The van der Waals surface area contributed by atoms with Crippen molar-refractivity contribution in [2.45, 2.75) is 84.8 Å². The second-order valence-corrected chi connectivity index (χ2v) is 10.2. The number of hydrogen-bond acceptors (Lipinski definition) is 2. The molecule has 4 aliphatic carbocycles. The van der Waals surface area contributed by atoms with E-state index in [0.717, 1.165) is 12.8 Å². The third-order valence-electron chi connectivity index (χ3n) is 9.03. The van der Waals surface area contributed by atoms with Crippen LogP contribution in [0.15, 0.2) is 0 Å². The van der Waals surface area contributed by atoms with Gasteiger partial charge in [-0.15, -0.1) is 0 Å². The van der Waals surface area contributed by atoms with E-state index in [1.54, 1.807) is 0 Å². The average Bonchev–Trinajstić information content (AvgIpc) is 2.64. The Bertz CT molecular complexity index is 472. The predicted molar refractivity (Wildman–Crippen MR) is 88.3 cm³/mol. The predicted octanol–water partition coefficient (Wildman–Crippen LogP) is 4.00. The smallest absolute Gasteiger partial charge is 0.0652 e. The standard InChI is InChI=1S/C20H34O2/c1-12-13-6-7-14-19(4)9-5-8-18(2,3)15(19)10-16(21)20(14,11-13)17(12)22/h12-17,21-22H,5-11H2,1-4H3/t12-,13-,14+,15-,16+,17+,19+,20-/m1/s1. The summed E-state index contributed by atoms with van der Waals surface area (Å²) in [4.78, 5) is 0. The van der Waals surface area contributed by atoms with Gasteiger partial charge in [0.25, 0.3) is 0 Å². The lowest BCUT2D eigenvalue weighted by atomic mass is 9.40. The van der Waals surface area contributed by atoms with E-state index in [2.05, 4.69) is 27.7 Å². The molecule has 2 nitrogen and oxygen atoms in total. The maximum atomic E-state index is 11.2. The van der Waals surface area contributed by atoms with Crippen molar-refractivity contribution >= 4 is 0 Å². The zero-order chi connectivity index (χ0) is 15.9. The van der Waals surface area contributed by atoms with Gasteiger partial charge in [0.15, 0.2) is 0 Å². The van der Waals surface area contributed by atoms with Crippen LogP contribution in [0.5, 0.6) is 0 Å². The number of aliphatic hydroxyl groups is 2. The zero-order valence-corrected chi connectivity index (χ0v) is 14.8. The van der Waals surface area contributed by atoms with Gasteiger partial charge < -0.3 is 10.2 Å². The van der Waals surface area contributed by atoms with Gasteiger partial charge in [0, 0.05) is 5.41 Å². The fourth-order valence-corrected chi connectivity index (χ4v) is 7.99. The molecule has 0 aliphatic heterocycles. The molecule has 0 aromatic carbocycles. The Balaban J connectivity index is 1.81. The molecule has 0 heterocycles. The first kappa shape index (κ1) is 15.4. The van der Waals surface area contributed by atoms with Gasteiger partial charge in [-0.3, -0.25) is 0 Å². The zero-order valence-electron chi connectivity index (χ0n) is 14.8. The van der Waals surface area contributed by atoms with Crippen LogP contribution >= 0.6 is 0 Å². The highest BCUT2D eigenvalue weighted by atomic mass is 16.3. The third kappa shape index (κ3) is 1.64. The fraction of sp³-hybridized carbons (Fsp3) is 1.00. The van der Waals surface area contributed by atoms with Gasteiger partial charge in [-0.05, 0) is 73.0 Å². The van der Waals surface area contributed by atoms with Crippen LogP contribution in [0.3, 0.4) is 0 Å². The van der Waals surface area contributed by atoms with Crippen molar-refractivity contribution < 1.29 is 10.2 Å². The molecule has 8 atom stereocenters. The second-order valence-electron chi connectivity index (χ2n) is 10.2. The molecule has 0 amide bonds. The number of fused-ring (bicyclic) bond motifs is 3. The highest BCUT2D eigenvalue weighted by molar-refractivity contribution is 5.18. The minimum Gasteiger partial charge on any atom is -0.392 e. The van der Waals surface area contributed by atoms with E-state index in [1.807, 2.05) is 0 Å². The summed E-state index contributed by atoms with van der Waals surface area (Å²) >= 11 is 0. The lowest BCUT2D eigenvalue weighted by Crippen LogP contribution is -2.63. The SMILES string of the molecule is C[C@@H]1[C@@H]2CC[C@H]3[C@]4(C)CCCC(C)(C)[C@H]4C[C@H](O)[C@]3(C2)[C@H]1O. The van der Waals surface area contributed by atoms with Crippen molar-refractivity contribution in [2.24, 2.45) is 39.9 Å². The Morgan fingerprint density at radius 1 is 0.955 bits per heavy atom. The molecule has 4 rings (SSSR count). The molecule has 4 fully saturated rings. The van der Waals surface area contributed by atoms with Crippen LogP contribution in [-0.2, 0) is 0 Å². The molecule has 2 N–H and O–H groups in total. The van der Waals surface area contributed by atoms with Crippen molar-refractivity contribution in [3.05, 3.63) is 0 Å². The van der Waals surface area contributed by atoms with E-state index < -0.39 is 0 Å². The summed E-state index contributed by atoms with van der Waals surface area (Å²) < 4.78 is 0. The van der Waals surface area contributed by atoms with Crippen molar-refractivity contribution in [1.29, 1.82) is 0 Å². The summed E-state index contributed by atoms with van der Waals surface area (Å²) in [5, 5.41) is 22.3. The molecule has 4 aliphatic rings. The maximum absolute atomic E-state index is 11.2. The molecule has 0 radical (unpaired) electrons. The topological polar surface area (TPSA) is 40.5 Å². The largest absolute Gasteiger partial charge is 0.392 e. The average molecular weight is 306 g/mol. The minimum absolute atomic E-state index is 0.193. The normalized spacial score (nSPS) is 59.7. The number of rotatable bonds is 0. The van der Waals surface area contributed by atoms with E-state index in [0.29, 0.717) is 34.5 Å². The molecular formula is C20H34O2. The Labute approximate surface area is 135 Å². The quantitative estimate of drug-likeness (QED) is 0.710. The summed E-state index contributed by atoms with van der Waals surface area (Å²) in [5.41, 5.74) is 0.458. The Morgan fingerprint density at radius 3 is 2.41 bits per heavy atom. The molecule has 2 bridgehead atoms. The van der Waals surface area contributed by atoms with Gasteiger partial charge in [-0.1, -0.05) is 34.1 Å². The first-order valence-electron chi connectivity index (χ1n) is 9.59. The minimum atomic E-state index is -0.296. The van der Waals surface area contributed by atoms with Gasteiger partial charge >= 0.3 is 0 Å². The van der Waals surface area contributed by atoms with Crippen LogP contribution in [0.1, 0.15) is 72.6 Å². The van der Waals surface area contributed by atoms with Crippen molar-refractivity contribution in [1.82, 2.24) is 0 Å². The number of aliphatic hydroxyl groups excluding tert-OH is 2. The van der Waals surface area contributed by atoms with Crippen LogP contribution in [0.4, 0.5) is 0 Å². The van der Waals surface area contributed by atoms with Crippen LogP contribution in [0.25, 0.3) is 0 Å². The van der Waals surface area contributed by atoms with E-state index in [1.165, 1.54) is 32.1 Å². The van der Waals surface area contributed by atoms with Crippen molar-refractivity contribution in [2.75, 3.05) is 0 Å². The van der Waals surface area contributed by atoms with Gasteiger partial charge in [-0.2, -0.15) is 0 Å². The van der Waals surface area contributed by atoms with E-state index >= 15 is 0 Å². The summed E-state index contributed by atoms with van der Waals surface area (Å²) in [6.07, 6.45) is 7.80. The van der Waals surface area contributed by atoms with Crippen molar-refractivity contribution in [3.63, 3.8) is 0 Å². The van der Waals surface area contributed by atoms with Gasteiger partial charge in [-0.25, -0.2) is 0 Å². The van der Waals surface area contributed by atoms with Crippen LogP contribution in [0.2, 0.25) is 0 Å². The molecule has 22 heavy (non-hydrogen) atoms. The van der Waals surface area contributed by atoms with Gasteiger partial charge in [0.1, 0.15) is 0 Å². The van der Waals surface area contributed by atoms with E-state index in [4.69, 9.17) is 0 Å². The Morgan fingerprint density at radius 2 is 1.68 bits per heavy atom. The Kier molecular flexibility index (Phi) is 3.16. The number of hydrogen-bond donors (Lipinski definition) is 2. The third-order valence-corrected chi connectivity index (χ3v) is 9.03. The highest BCUT2D eigenvalue weighted by Crippen LogP contribution is 2.72. The summed E-state index contributed by atoms with van der Waals surface area (Å²) in [7, 11) is 0. The summed E-state index contributed by atoms with van der Waals surface area (Å²) in [6.45, 7) is 9.56. The van der Waals surface area contributed by atoms with Gasteiger partial charge in [0.2, 0.25) is 0 Å². The van der Waals surface area contributed by atoms with Crippen LogP contribution < -0.4 is 0 Å². The molecule has 0 unspecified atom stereocenters. The second kappa shape index (κ2) is 4.51.